The van der Waals surface area contributed by atoms with Crippen LogP contribution in [0.25, 0.3) is 0 Å². The third kappa shape index (κ3) is 4.79. The second kappa shape index (κ2) is 11.0. The highest BCUT2D eigenvalue weighted by atomic mass is 35.5. The van der Waals surface area contributed by atoms with Gasteiger partial charge < -0.3 is 5.32 Å². The maximum absolute atomic E-state index is 14.0. The van der Waals surface area contributed by atoms with Gasteiger partial charge in [-0.3, -0.25) is 33.9 Å². The van der Waals surface area contributed by atoms with Crippen LogP contribution in [0, 0.1) is 16.0 Å². The van der Waals surface area contributed by atoms with Gasteiger partial charge >= 0.3 is 4.87 Å². The predicted octanol–water partition coefficient (Wildman–Crippen LogP) is 5.56. The molecule has 212 valence electrons. The van der Waals surface area contributed by atoms with E-state index in [0.717, 1.165) is 28.0 Å². The highest BCUT2D eigenvalue weighted by Gasteiger charge is 2.57. The smallest absolute Gasteiger partial charge is 0.308 e. The minimum Gasteiger partial charge on any atom is -0.325 e. The Morgan fingerprint density at radius 3 is 2.36 bits per heavy atom. The first-order valence-corrected chi connectivity index (χ1v) is 14.9. The second-order valence-corrected chi connectivity index (χ2v) is 12.4. The van der Waals surface area contributed by atoms with E-state index in [1.165, 1.54) is 28.8 Å². The molecule has 2 unspecified atom stereocenters. The number of para-hydroxylation sites is 1. The summed E-state index contributed by atoms with van der Waals surface area (Å²) in [5, 5.41) is 13.7. The third-order valence-corrected chi connectivity index (χ3v) is 10.5. The number of anilines is 2. The first-order chi connectivity index (χ1) is 20.2. The van der Waals surface area contributed by atoms with Gasteiger partial charge in [0.25, 0.3) is 5.69 Å². The van der Waals surface area contributed by atoms with E-state index in [-0.39, 0.29) is 28.0 Å². The molecule has 1 fully saturated rings. The summed E-state index contributed by atoms with van der Waals surface area (Å²) in [4.78, 5) is 65.6. The molecular formula is C28H18Cl2N4O6S2. The monoisotopic (exact) mass is 640 g/mol. The Morgan fingerprint density at radius 1 is 0.952 bits per heavy atom. The van der Waals surface area contributed by atoms with Crippen LogP contribution >= 0.6 is 46.3 Å². The molecule has 14 heteroatoms. The first-order valence-electron chi connectivity index (χ1n) is 12.5. The number of fused-ring (bicyclic) bond motifs is 2. The normalized spacial score (nSPS) is 19.4. The molecule has 4 aromatic rings. The van der Waals surface area contributed by atoms with Gasteiger partial charge in [-0.1, -0.05) is 76.6 Å². The van der Waals surface area contributed by atoms with Crippen LogP contribution in [0.5, 0.6) is 0 Å². The van der Waals surface area contributed by atoms with Gasteiger partial charge in [-0.05, 0) is 35.9 Å². The number of benzene rings is 3. The van der Waals surface area contributed by atoms with Crippen molar-refractivity contribution in [2.75, 3.05) is 10.2 Å². The van der Waals surface area contributed by atoms with Crippen LogP contribution in [-0.4, -0.2) is 32.5 Å². The summed E-state index contributed by atoms with van der Waals surface area (Å²) in [5.41, 5.74) is 1.03. The average molecular weight is 642 g/mol. The number of thiazole rings is 1. The van der Waals surface area contributed by atoms with E-state index in [1.807, 2.05) is 6.07 Å². The van der Waals surface area contributed by atoms with E-state index in [1.54, 1.807) is 42.5 Å². The molecule has 0 spiro atoms. The highest BCUT2D eigenvalue weighted by Crippen LogP contribution is 2.55. The van der Waals surface area contributed by atoms with Crippen LogP contribution in [0.3, 0.4) is 0 Å². The van der Waals surface area contributed by atoms with Crippen molar-refractivity contribution < 1.29 is 19.3 Å². The fourth-order valence-corrected chi connectivity index (χ4v) is 8.38. The number of thioether (sulfide) groups is 1. The number of hydrogen-bond donors (Lipinski definition) is 1. The summed E-state index contributed by atoms with van der Waals surface area (Å²) in [6.45, 7) is -0.311. The van der Waals surface area contributed by atoms with Gasteiger partial charge in [0.05, 0.1) is 31.6 Å². The highest BCUT2D eigenvalue weighted by molar-refractivity contribution is 8.00. The number of halogens is 2. The first kappa shape index (κ1) is 28.2. The van der Waals surface area contributed by atoms with Gasteiger partial charge in [0.1, 0.15) is 11.8 Å². The standard InChI is InChI=1S/C28H18Cl2N4O6S2/c29-18-8-4-7-17(22(18)30)20-21-23(26(37)33(25(21)36)15-9-11-16(12-10-15)34(39)40)41-27-24(20)42-28(38)32(27)13-19(35)31-14-5-2-1-3-6-14/h1-12,20-21,23H,13H2,(H,31,35)/t20-,21?,23?/m1/s1. The number of nitro benzene ring substituents is 1. The molecule has 2 aliphatic rings. The molecule has 3 heterocycles. The molecule has 1 N–H and O–H groups in total. The van der Waals surface area contributed by atoms with Crippen molar-refractivity contribution in [1.29, 1.82) is 0 Å². The molecule has 0 radical (unpaired) electrons. The lowest BCUT2D eigenvalue weighted by molar-refractivity contribution is -0.384. The lowest BCUT2D eigenvalue weighted by Gasteiger charge is -2.31. The van der Waals surface area contributed by atoms with Crippen LogP contribution in [0.1, 0.15) is 16.4 Å². The summed E-state index contributed by atoms with van der Waals surface area (Å²) < 4.78 is 1.30. The number of nitro groups is 1. The van der Waals surface area contributed by atoms with Crippen molar-refractivity contribution in [3.63, 3.8) is 0 Å². The number of carbonyl (C=O) groups is 3. The van der Waals surface area contributed by atoms with Crippen LogP contribution in [0.4, 0.5) is 17.1 Å². The van der Waals surface area contributed by atoms with Crippen molar-refractivity contribution in [3.05, 3.63) is 113 Å². The molecule has 3 aromatic carbocycles. The third-order valence-electron chi connectivity index (χ3n) is 7.04. The Labute approximate surface area is 256 Å². The van der Waals surface area contributed by atoms with Crippen LogP contribution < -0.4 is 15.1 Å². The van der Waals surface area contributed by atoms with Crippen molar-refractivity contribution in [2.24, 2.45) is 5.92 Å². The van der Waals surface area contributed by atoms with Crippen molar-refractivity contribution in [3.8, 4) is 0 Å². The van der Waals surface area contributed by atoms with E-state index in [0.29, 0.717) is 21.2 Å². The molecule has 1 aromatic heterocycles. The molecular weight excluding hydrogens is 623 g/mol. The number of rotatable bonds is 6. The second-order valence-electron chi connectivity index (χ2n) is 9.51. The lowest BCUT2D eigenvalue weighted by Crippen LogP contribution is -2.33. The fourth-order valence-electron chi connectivity index (χ4n) is 5.19. The number of imide groups is 1. The van der Waals surface area contributed by atoms with Gasteiger partial charge in [0, 0.05) is 28.6 Å². The Hall–Kier alpha value is -3.97. The molecule has 6 rings (SSSR count). The molecule has 1 saturated heterocycles. The van der Waals surface area contributed by atoms with E-state index >= 15 is 0 Å². The number of non-ortho nitro benzene ring substituents is 1. The van der Waals surface area contributed by atoms with Gasteiger partial charge in [0.15, 0.2) is 0 Å². The Morgan fingerprint density at radius 2 is 1.67 bits per heavy atom. The van der Waals surface area contributed by atoms with Crippen molar-refractivity contribution in [2.45, 2.75) is 22.7 Å². The number of aromatic nitrogens is 1. The molecule has 0 saturated carbocycles. The van der Waals surface area contributed by atoms with E-state index in [4.69, 9.17) is 23.2 Å². The van der Waals surface area contributed by atoms with Gasteiger partial charge in [-0.25, -0.2) is 4.90 Å². The van der Waals surface area contributed by atoms with Crippen LogP contribution in [0.2, 0.25) is 10.0 Å². The number of amides is 3. The van der Waals surface area contributed by atoms with E-state index in [2.05, 4.69) is 5.32 Å². The predicted molar refractivity (Wildman–Crippen MR) is 161 cm³/mol. The number of carbonyl (C=O) groups excluding carboxylic acids is 3. The van der Waals surface area contributed by atoms with E-state index in [9.17, 15) is 29.3 Å². The van der Waals surface area contributed by atoms with Gasteiger partial charge in [-0.15, -0.1) is 0 Å². The summed E-state index contributed by atoms with van der Waals surface area (Å²) in [7, 11) is 0. The maximum atomic E-state index is 14.0. The zero-order chi connectivity index (χ0) is 29.7. The van der Waals surface area contributed by atoms with Crippen LogP contribution in [-0.2, 0) is 20.9 Å². The molecule has 2 aliphatic heterocycles. The Balaban J connectivity index is 1.43. The largest absolute Gasteiger partial charge is 0.325 e. The summed E-state index contributed by atoms with van der Waals surface area (Å²) in [6.07, 6.45) is 0. The quantitative estimate of drug-likeness (QED) is 0.166. The molecule has 3 amide bonds. The molecule has 0 aliphatic carbocycles. The zero-order valence-electron chi connectivity index (χ0n) is 21.2. The minimum atomic E-state index is -0.960. The topological polar surface area (TPSA) is 132 Å². The fraction of sp³-hybridized carbons (Fsp3) is 0.143. The number of nitrogens with zero attached hydrogens (tertiary/aromatic N) is 3. The lowest BCUT2D eigenvalue weighted by atomic mass is 9.83. The number of nitrogens with one attached hydrogen (secondary N) is 1. The summed E-state index contributed by atoms with van der Waals surface area (Å²) >= 11 is 14.9. The Bertz CT molecular complexity index is 1830. The SMILES string of the molecule is O=C(Cn1c2c(sc1=O)[C@H](c1cccc(Cl)c1Cl)C1C(=O)N(c3ccc([N+](=O)[O-])cc3)C(=O)C1S2)Nc1ccccc1. The van der Waals surface area contributed by atoms with Gasteiger partial charge in [0.2, 0.25) is 17.7 Å². The zero-order valence-corrected chi connectivity index (χ0v) is 24.4. The van der Waals surface area contributed by atoms with Crippen molar-refractivity contribution >= 4 is 81.1 Å². The van der Waals surface area contributed by atoms with Gasteiger partial charge in [-0.2, -0.15) is 0 Å². The van der Waals surface area contributed by atoms with Crippen LogP contribution in [0.15, 0.2) is 82.6 Å². The van der Waals surface area contributed by atoms with Crippen molar-refractivity contribution in [1.82, 2.24) is 4.57 Å². The molecule has 42 heavy (non-hydrogen) atoms. The maximum Gasteiger partial charge on any atom is 0.308 e. The summed E-state index contributed by atoms with van der Waals surface area (Å²) in [6, 6.07) is 18.9. The molecule has 10 nitrogen and oxygen atoms in total. The van der Waals surface area contributed by atoms with E-state index < -0.39 is 44.6 Å². The summed E-state index contributed by atoms with van der Waals surface area (Å²) in [5.74, 6) is -3.28. The molecule has 3 atom stereocenters. The number of hydrogen-bond acceptors (Lipinski definition) is 8. The average Bonchev–Trinajstić information content (AvgIpc) is 3.41. The minimum absolute atomic E-state index is 0.184. The Kier molecular flexibility index (Phi) is 7.39. The molecule has 0 bridgehead atoms.